The molecule has 6 heteroatoms. The Morgan fingerprint density at radius 3 is 2.29 bits per heavy atom. The zero-order valence-corrected chi connectivity index (χ0v) is 9.98. The average Bonchev–Trinajstić information content (AvgIpc) is 2.29. The van der Waals surface area contributed by atoms with Crippen molar-refractivity contribution in [3.63, 3.8) is 0 Å². The van der Waals surface area contributed by atoms with Crippen molar-refractivity contribution in [3.8, 4) is 0 Å². The largest absolute Gasteiger partial charge is 0.470 e. The summed E-state index contributed by atoms with van der Waals surface area (Å²) in [5, 5.41) is -0.0370. The summed E-state index contributed by atoms with van der Waals surface area (Å²) in [5.41, 5.74) is 11.1. The van der Waals surface area contributed by atoms with Crippen molar-refractivity contribution in [2.24, 2.45) is 11.5 Å². The van der Waals surface area contributed by atoms with Crippen LogP contribution in [0.3, 0.4) is 0 Å². The molecule has 0 heterocycles. The summed E-state index contributed by atoms with van der Waals surface area (Å²) in [7, 11) is 0. The molecule has 0 radical (unpaired) electrons. The highest BCUT2D eigenvalue weighted by atomic mass is 32.1. The number of thiocarbonyl (C=S) groups is 1. The van der Waals surface area contributed by atoms with Gasteiger partial charge in [0, 0.05) is 0 Å². The van der Waals surface area contributed by atoms with Crippen LogP contribution in [0.25, 0.3) is 0 Å². The molecule has 0 spiro atoms. The van der Waals surface area contributed by atoms with E-state index in [0.717, 1.165) is 5.56 Å². The van der Waals surface area contributed by atoms with E-state index in [1.807, 2.05) is 30.3 Å². The Hall–Kier alpha value is -1.82. The number of carbonyl (C=O) groups is 1. The Labute approximate surface area is 105 Å². The van der Waals surface area contributed by atoms with Gasteiger partial charge >= 0.3 is 6.09 Å². The molecule has 1 unspecified atom stereocenters. The van der Waals surface area contributed by atoms with Gasteiger partial charge in [-0.05, 0) is 17.8 Å². The Morgan fingerprint density at radius 2 is 1.76 bits per heavy atom. The van der Waals surface area contributed by atoms with Crippen molar-refractivity contribution in [1.82, 2.24) is 0 Å². The molecule has 0 aliphatic heterocycles. The Morgan fingerprint density at radius 1 is 1.18 bits per heavy atom. The van der Waals surface area contributed by atoms with Crippen molar-refractivity contribution >= 4 is 23.5 Å². The standard InChI is InChI=1S/C11H14N2O3S/c12-10(14)15-6-9(7-16-11(13)17)8-4-2-1-3-5-8/h1-5,9H,6-7H2,(H2,12,14)(H2,13,17). The first-order valence-corrected chi connectivity index (χ1v) is 5.40. The molecule has 1 aromatic carbocycles. The highest BCUT2D eigenvalue weighted by Gasteiger charge is 2.14. The molecule has 92 valence electrons. The van der Waals surface area contributed by atoms with Crippen molar-refractivity contribution in [2.45, 2.75) is 5.92 Å². The maximum atomic E-state index is 10.6. The van der Waals surface area contributed by atoms with Gasteiger partial charge in [-0.2, -0.15) is 0 Å². The molecule has 17 heavy (non-hydrogen) atoms. The zero-order valence-electron chi connectivity index (χ0n) is 9.17. The number of rotatable bonds is 5. The third-order valence-electron chi connectivity index (χ3n) is 2.12. The van der Waals surface area contributed by atoms with Crippen molar-refractivity contribution in [1.29, 1.82) is 0 Å². The van der Waals surface area contributed by atoms with E-state index < -0.39 is 6.09 Å². The smallest absolute Gasteiger partial charge is 0.404 e. The predicted octanol–water partition coefficient (Wildman–Crippen LogP) is 1.13. The van der Waals surface area contributed by atoms with Gasteiger partial charge in [0.15, 0.2) is 0 Å². The van der Waals surface area contributed by atoms with Gasteiger partial charge in [0.1, 0.15) is 13.2 Å². The first kappa shape index (κ1) is 13.2. The van der Waals surface area contributed by atoms with E-state index in [9.17, 15) is 4.79 Å². The van der Waals surface area contributed by atoms with Crippen LogP contribution < -0.4 is 11.5 Å². The lowest BCUT2D eigenvalue weighted by molar-refractivity contribution is 0.135. The summed E-state index contributed by atoms with van der Waals surface area (Å²) in [5.74, 6) is -0.148. The SMILES string of the molecule is NC(=O)OCC(COC(N)=S)c1ccccc1. The maximum Gasteiger partial charge on any atom is 0.404 e. The van der Waals surface area contributed by atoms with Gasteiger partial charge in [-0.1, -0.05) is 30.3 Å². The second-order valence-electron chi connectivity index (χ2n) is 3.37. The molecule has 0 aliphatic carbocycles. The van der Waals surface area contributed by atoms with Crippen LogP contribution >= 0.6 is 12.2 Å². The average molecular weight is 254 g/mol. The molecule has 0 saturated heterocycles. The van der Waals surface area contributed by atoms with Crippen LogP contribution in [-0.4, -0.2) is 24.5 Å². The molecule has 1 rings (SSSR count). The lowest BCUT2D eigenvalue weighted by Gasteiger charge is -2.16. The number of primary amides is 1. The molecule has 4 N–H and O–H groups in total. The molecule has 1 atom stereocenters. The molecule has 1 amide bonds. The number of ether oxygens (including phenoxy) is 2. The molecule has 5 nitrogen and oxygen atoms in total. The van der Waals surface area contributed by atoms with Gasteiger partial charge in [-0.3, -0.25) is 0 Å². The highest BCUT2D eigenvalue weighted by molar-refractivity contribution is 7.80. The third kappa shape index (κ3) is 5.17. The molecule has 0 aromatic heterocycles. The molecule has 1 aromatic rings. The normalized spacial score (nSPS) is 11.5. The second-order valence-corrected chi connectivity index (χ2v) is 3.77. The number of carbonyl (C=O) groups excluding carboxylic acids is 1. The van der Waals surface area contributed by atoms with E-state index in [1.165, 1.54) is 0 Å². The second kappa shape index (κ2) is 6.70. The van der Waals surface area contributed by atoms with Crippen LogP contribution in [0.4, 0.5) is 4.79 Å². The first-order valence-electron chi connectivity index (χ1n) is 4.99. The molecular formula is C11H14N2O3S. The fraction of sp³-hybridized carbons (Fsp3) is 0.273. The van der Waals surface area contributed by atoms with E-state index in [-0.39, 0.29) is 24.3 Å². The lowest BCUT2D eigenvalue weighted by atomic mass is 10.0. The number of benzene rings is 1. The Bertz CT molecular complexity index is 366. The van der Waals surface area contributed by atoms with Gasteiger partial charge in [0.2, 0.25) is 0 Å². The van der Waals surface area contributed by atoms with Crippen LogP contribution in [0.5, 0.6) is 0 Å². The van der Waals surface area contributed by atoms with E-state index in [4.69, 9.17) is 20.9 Å². The van der Waals surface area contributed by atoms with Crippen LogP contribution in [-0.2, 0) is 9.47 Å². The van der Waals surface area contributed by atoms with Crippen LogP contribution in [0.1, 0.15) is 11.5 Å². The predicted molar refractivity (Wildman–Crippen MR) is 67.5 cm³/mol. The lowest BCUT2D eigenvalue weighted by Crippen LogP contribution is -2.23. The number of amides is 1. The zero-order chi connectivity index (χ0) is 12.7. The fourth-order valence-corrected chi connectivity index (χ4v) is 1.40. The van der Waals surface area contributed by atoms with Gasteiger partial charge in [0.05, 0.1) is 5.92 Å². The molecule has 0 saturated carbocycles. The van der Waals surface area contributed by atoms with E-state index in [2.05, 4.69) is 12.2 Å². The summed E-state index contributed by atoms with van der Waals surface area (Å²) in [6, 6.07) is 9.46. The monoisotopic (exact) mass is 254 g/mol. The van der Waals surface area contributed by atoms with Gasteiger partial charge in [-0.25, -0.2) is 4.79 Å². The van der Waals surface area contributed by atoms with Crippen molar-refractivity contribution in [3.05, 3.63) is 35.9 Å². The summed E-state index contributed by atoms with van der Waals surface area (Å²) >= 11 is 4.62. The van der Waals surface area contributed by atoms with Gasteiger partial charge < -0.3 is 20.9 Å². The van der Waals surface area contributed by atoms with Gasteiger partial charge in [-0.15, -0.1) is 0 Å². The van der Waals surface area contributed by atoms with E-state index in [1.54, 1.807) is 0 Å². The van der Waals surface area contributed by atoms with Crippen LogP contribution in [0.2, 0.25) is 0 Å². The minimum Gasteiger partial charge on any atom is -0.470 e. The first-order chi connectivity index (χ1) is 8.09. The van der Waals surface area contributed by atoms with Crippen molar-refractivity contribution < 1.29 is 14.3 Å². The Balaban J connectivity index is 2.64. The Kier molecular flexibility index (Phi) is 5.22. The minimum atomic E-state index is -0.818. The van der Waals surface area contributed by atoms with Crippen LogP contribution in [0.15, 0.2) is 30.3 Å². The molecule has 0 fully saturated rings. The van der Waals surface area contributed by atoms with E-state index in [0.29, 0.717) is 0 Å². The molecule has 0 aliphatic rings. The highest BCUT2D eigenvalue weighted by Crippen LogP contribution is 2.16. The fourth-order valence-electron chi connectivity index (χ4n) is 1.33. The minimum absolute atomic E-state index is 0.0370. The maximum absolute atomic E-state index is 10.6. The number of nitrogens with two attached hydrogens (primary N) is 2. The summed E-state index contributed by atoms with van der Waals surface area (Å²) in [6.07, 6.45) is -0.818. The van der Waals surface area contributed by atoms with Crippen molar-refractivity contribution in [2.75, 3.05) is 13.2 Å². The summed E-state index contributed by atoms with van der Waals surface area (Å²) < 4.78 is 9.83. The van der Waals surface area contributed by atoms with Crippen LogP contribution in [0, 0.1) is 0 Å². The number of hydrogen-bond donors (Lipinski definition) is 2. The van der Waals surface area contributed by atoms with Gasteiger partial charge in [0.25, 0.3) is 5.17 Å². The van der Waals surface area contributed by atoms with E-state index >= 15 is 0 Å². The summed E-state index contributed by atoms with van der Waals surface area (Å²) in [6.45, 7) is 0.370. The molecular weight excluding hydrogens is 240 g/mol. The number of hydrogen-bond acceptors (Lipinski definition) is 4. The third-order valence-corrected chi connectivity index (χ3v) is 2.24. The molecule has 0 bridgehead atoms. The topological polar surface area (TPSA) is 87.6 Å². The summed E-state index contributed by atoms with van der Waals surface area (Å²) in [4.78, 5) is 10.6. The quantitative estimate of drug-likeness (QED) is 0.769.